The van der Waals surface area contributed by atoms with Gasteiger partial charge in [-0.2, -0.15) is 0 Å². The van der Waals surface area contributed by atoms with Crippen molar-refractivity contribution in [3.63, 3.8) is 0 Å². The van der Waals surface area contributed by atoms with Gasteiger partial charge in [0.1, 0.15) is 0 Å². The van der Waals surface area contributed by atoms with Crippen LogP contribution in [0.2, 0.25) is 0 Å². The molecule has 0 aliphatic carbocycles. The van der Waals surface area contributed by atoms with Crippen molar-refractivity contribution < 1.29 is 14.3 Å². The molecule has 1 saturated heterocycles. The lowest BCUT2D eigenvalue weighted by atomic mass is 10.1. The van der Waals surface area contributed by atoms with Crippen LogP contribution in [0.4, 0.5) is 0 Å². The van der Waals surface area contributed by atoms with E-state index in [0.717, 1.165) is 31.5 Å². The van der Waals surface area contributed by atoms with Gasteiger partial charge in [0.15, 0.2) is 0 Å². The number of benzene rings is 1. The summed E-state index contributed by atoms with van der Waals surface area (Å²) in [5.41, 5.74) is 2.11. The van der Waals surface area contributed by atoms with Crippen molar-refractivity contribution in [3.05, 3.63) is 59.3 Å². The summed E-state index contributed by atoms with van der Waals surface area (Å²) >= 11 is 0. The number of amides is 2. The minimum absolute atomic E-state index is 0.0394. The number of hydrogen-bond donors (Lipinski definition) is 1. The fourth-order valence-electron chi connectivity index (χ4n) is 2.98. The summed E-state index contributed by atoms with van der Waals surface area (Å²) < 4.78 is 5.47. The molecule has 1 aromatic carbocycles. The molecule has 0 unspecified atom stereocenters. The third-order valence-electron chi connectivity index (χ3n) is 4.40. The molecule has 2 amide bonds. The van der Waals surface area contributed by atoms with Gasteiger partial charge in [-0.25, -0.2) is 4.98 Å². The maximum absolute atomic E-state index is 12.3. The molecule has 0 spiro atoms. The monoisotopic (exact) mass is 367 g/mol. The highest BCUT2D eigenvalue weighted by atomic mass is 16.5. The third kappa shape index (κ3) is 5.06. The maximum atomic E-state index is 12.3. The van der Waals surface area contributed by atoms with Gasteiger partial charge in [0.2, 0.25) is 5.88 Å². The zero-order valence-corrected chi connectivity index (χ0v) is 15.8. The lowest BCUT2D eigenvalue weighted by Gasteiger charge is -2.15. The largest absolute Gasteiger partial charge is 0.475 e. The van der Waals surface area contributed by atoms with Gasteiger partial charge in [0.05, 0.1) is 11.7 Å². The normalized spacial score (nSPS) is 13.7. The van der Waals surface area contributed by atoms with E-state index in [1.807, 2.05) is 43.0 Å². The van der Waals surface area contributed by atoms with Crippen LogP contribution in [0.15, 0.2) is 42.6 Å². The van der Waals surface area contributed by atoms with Crippen LogP contribution in [0.5, 0.6) is 5.88 Å². The zero-order valence-electron chi connectivity index (χ0n) is 15.8. The summed E-state index contributed by atoms with van der Waals surface area (Å²) in [5.74, 6) is 0.383. The first kappa shape index (κ1) is 18.9. The third-order valence-corrected chi connectivity index (χ3v) is 4.40. The summed E-state index contributed by atoms with van der Waals surface area (Å²) in [6.45, 7) is 5.91. The van der Waals surface area contributed by atoms with E-state index in [1.54, 1.807) is 12.1 Å². The lowest BCUT2D eigenvalue weighted by molar-refractivity contribution is 0.0792. The van der Waals surface area contributed by atoms with Gasteiger partial charge in [-0.05, 0) is 50.5 Å². The Hall–Kier alpha value is -2.89. The highest BCUT2D eigenvalue weighted by Crippen LogP contribution is 2.14. The van der Waals surface area contributed by atoms with E-state index in [4.69, 9.17) is 4.74 Å². The first-order chi connectivity index (χ1) is 13.0. The first-order valence-electron chi connectivity index (χ1n) is 9.32. The van der Waals surface area contributed by atoms with E-state index in [-0.39, 0.29) is 17.9 Å². The fourth-order valence-corrected chi connectivity index (χ4v) is 2.98. The Bertz CT molecular complexity index is 779. The minimum Gasteiger partial charge on any atom is -0.475 e. The molecule has 6 nitrogen and oxygen atoms in total. The van der Waals surface area contributed by atoms with Gasteiger partial charge in [0.25, 0.3) is 11.8 Å². The van der Waals surface area contributed by atoms with Gasteiger partial charge in [-0.1, -0.05) is 12.1 Å². The molecule has 1 fully saturated rings. The topological polar surface area (TPSA) is 71.5 Å². The molecule has 1 aromatic heterocycles. The van der Waals surface area contributed by atoms with Gasteiger partial charge < -0.3 is 15.0 Å². The number of ether oxygens (including phenoxy) is 1. The Kier molecular flexibility index (Phi) is 6.06. The average Bonchev–Trinajstić information content (AvgIpc) is 3.21. The van der Waals surface area contributed by atoms with Crippen molar-refractivity contribution in [2.45, 2.75) is 39.3 Å². The van der Waals surface area contributed by atoms with Crippen LogP contribution < -0.4 is 10.1 Å². The van der Waals surface area contributed by atoms with Crippen LogP contribution in [0, 0.1) is 0 Å². The molecule has 3 rings (SSSR count). The van der Waals surface area contributed by atoms with Gasteiger partial charge in [-0.15, -0.1) is 0 Å². The Morgan fingerprint density at radius 3 is 2.33 bits per heavy atom. The number of likely N-dealkylation sites (tertiary alicyclic amines) is 1. The highest BCUT2D eigenvalue weighted by Gasteiger charge is 2.19. The van der Waals surface area contributed by atoms with Crippen LogP contribution in [0.1, 0.15) is 53.0 Å². The Labute approximate surface area is 159 Å². The maximum Gasteiger partial charge on any atom is 0.253 e. The smallest absolute Gasteiger partial charge is 0.253 e. The van der Waals surface area contributed by atoms with Crippen molar-refractivity contribution >= 4 is 11.8 Å². The minimum atomic E-state index is -0.198. The average molecular weight is 367 g/mol. The predicted molar refractivity (Wildman–Crippen MR) is 103 cm³/mol. The van der Waals surface area contributed by atoms with Gasteiger partial charge >= 0.3 is 0 Å². The van der Waals surface area contributed by atoms with E-state index in [1.165, 1.54) is 6.20 Å². The molecule has 1 aliphatic rings. The Morgan fingerprint density at radius 2 is 1.74 bits per heavy atom. The quantitative estimate of drug-likeness (QED) is 0.852. The number of nitrogens with zero attached hydrogens (tertiary/aromatic N) is 2. The second-order valence-electron chi connectivity index (χ2n) is 6.93. The van der Waals surface area contributed by atoms with Crippen molar-refractivity contribution in [1.82, 2.24) is 15.2 Å². The summed E-state index contributed by atoms with van der Waals surface area (Å²) in [6.07, 6.45) is 3.70. The van der Waals surface area contributed by atoms with E-state index >= 15 is 0 Å². The summed E-state index contributed by atoms with van der Waals surface area (Å²) in [7, 11) is 0. The summed E-state index contributed by atoms with van der Waals surface area (Å²) in [4.78, 5) is 30.6. The lowest BCUT2D eigenvalue weighted by Crippen LogP contribution is -2.27. The molecular formula is C21H25N3O3. The molecule has 142 valence electrons. The second-order valence-corrected chi connectivity index (χ2v) is 6.93. The Morgan fingerprint density at radius 1 is 1.07 bits per heavy atom. The van der Waals surface area contributed by atoms with Crippen molar-refractivity contribution in [3.8, 4) is 5.88 Å². The van der Waals surface area contributed by atoms with Crippen LogP contribution in [0.25, 0.3) is 0 Å². The standard InChI is InChI=1S/C21H25N3O3/c1-15(2)27-19-10-9-18(14-22-19)20(25)23-13-16-5-7-17(8-6-16)21(26)24-11-3-4-12-24/h5-10,14-15H,3-4,11-13H2,1-2H3,(H,23,25). The van der Waals surface area contributed by atoms with E-state index in [0.29, 0.717) is 23.6 Å². The molecule has 27 heavy (non-hydrogen) atoms. The fraction of sp³-hybridized carbons (Fsp3) is 0.381. The molecule has 1 aliphatic heterocycles. The molecule has 1 N–H and O–H groups in total. The summed E-state index contributed by atoms with van der Waals surface area (Å²) in [5, 5.41) is 2.86. The molecule has 6 heteroatoms. The number of carbonyl (C=O) groups is 2. The molecule has 2 heterocycles. The number of nitrogens with one attached hydrogen (secondary N) is 1. The van der Waals surface area contributed by atoms with Crippen LogP contribution in [0.3, 0.4) is 0 Å². The van der Waals surface area contributed by atoms with Crippen LogP contribution in [-0.2, 0) is 6.54 Å². The number of hydrogen-bond acceptors (Lipinski definition) is 4. The van der Waals surface area contributed by atoms with Crippen molar-refractivity contribution in [1.29, 1.82) is 0 Å². The molecule has 2 aromatic rings. The number of aromatic nitrogens is 1. The number of carbonyl (C=O) groups excluding carboxylic acids is 2. The molecule has 0 atom stereocenters. The molecule has 0 bridgehead atoms. The van der Waals surface area contributed by atoms with Crippen LogP contribution in [-0.4, -0.2) is 40.9 Å². The van der Waals surface area contributed by atoms with Gasteiger partial charge in [0, 0.05) is 37.5 Å². The van der Waals surface area contributed by atoms with Crippen molar-refractivity contribution in [2.75, 3.05) is 13.1 Å². The summed E-state index contributed by atoms with van der Waals surface area (Å²) in [6, 6.07) is 10.8. The van der Waals surface area contributed by atoms with Crippen molar-refractivity contribution in [2.24, 2.45) is 0 Å². The Balaban J connectivity index is 1.53. The zero-order chi connectivity index (χ0) is 19.2. The highest BCUT2D eigenvalue weighted by molar-refractivity contribution is 5.95. The number of rotatable bonds is 6. The van der Waals surface area contributed by atoms with Crippen LogP contribution >= 0.6 is 0 Å². The molecule has 0 radical (unpaired) electrons. The van der Waals surface area contributed by atoms with E-state index < -0.39 is 0 Å². The van der Waals surface area contributed by atoms with E-state index in [9.17, 15) is 9.59 Å². The van der Waals surface area contributed by atoms with Gasteiger partial charge in [-0.3, -0.25) is 9.59 Å². The predicted octanol–water partition coefficient (Wildman–Crippen LogP) is 3.03. The second kappa shape index (κ2) is 8.66. The van der Waals surface area contributed by atoms with E-state index in [2.05, 4.69) is 10.3 Å². The number of pyridine rings is 1. The SMILES string of the molecule is CC(C)Oc1ccc(C(=O)NCc2ccc(C(=O)N3CCCC3)cc2)cn1. The molecular weight excluding hydrogens is 342 g/mol. The molecule has 0 saturated carbocycles. The first-order valence-corrected chi connectivity index (χ1v) is 9.32.